The third-order valence-electron chi connectivity index (χ3n) is 4.75. The molecule has 0 aromatic heterocycles. The first-order valence-corrected chi connectivity index (χ1v) is 10.4. The van der Waals surface area contributed by atoms with Crippen molar-refractivity contribution < 1.29 is 23.5 Å². The van der Waals surface area contributed by atoms with Crippen LogP contribution in [0.4, 0.5) is 14.9 Å². The number of carbonyl (C=O) groups is 3. The van der Waals surface area contributed by atoms with Crippen LogP contribution in [-0.4, -0.2) is 17.8 Å². The van der Waals surface area contributed by atoms with Gasteiger partial charge in [-0.3, -0.25) is 14.9 Å². The fraction of sp³-hybridized carbons (Fsp3) is 0.0417. The molecule has 1 aliphatic rings. The molecule has 1 heterocycles. The number of urea groups is 1. The number of hydrogen-bond donors (Lipinski definition) is 1. The van der Waals surface area contributed by atoms with Gasteiger partial charge < -0.3 is 4.74 Å². The number of hydrogen-bond acceptors (Lipinski definition) is 4. The number of anilines is 1. The van der Waals surface area contributed by atoms with Crippen molar-refractivity contribution in [3.8, 4) is 5.75 Å². The number of nitrogens with one attached hydrogen (secondary N) is 1. The SMILES string of the molecule is O=C1NC(=O)N(c2ccccc2Cl)C(=O)/C1=C/c1cc(Cl)ccc1OCc1cccc(F)c1. The van der Waals surface area contributed by atoms with E-state index in [0.29, 0.717) is 21.9 Å². The lowest BCUT2D eigenvalue weighted by Gasteiger charge is -2.27. The van der Waals surface area contributed by atoms with Gasteiger partial charge in [-0.15, -0.1) is 0 Å². The van der Waals surface area contributed by atoms with Crippen molar-refractivity contribution in [2.45, 2.75) is 6.61 Å². The predicted molar refractivity (Wildman–Crippen MR) is 123 cm³/mol. The zero-order valence-electron chi connectivity index (χ0n) is 16.8. The molecule has 4 rings (SSSR count). The summed E-state index contributed by atoms with van der Waals surface area (Å²) in [6, 6.07) is 15.9. The largest absolute Gasteiger partial charge is 0.488 e. The first-order chi connectivity index (χ1) is 15.8. The molecule has 1 fully saturated rings. The molecule has 6 nitrogen and oxygen atoms in total. The third kappa shape index (κ3) is 4.89. The van der Waals surface area contributed by atoms with Gasteiger partial charge >= 0.3 is 6.03 Å². The quantitative estimate of drug-likeness (QED) is 0.389. The molecule has 0 atom stereocenters. The van der Waals surface area contributed by atoms with Gasteiger partial charge in [-0.05, 0) is 54.1 Å². The molecular weight excluding hydrogens is 470 g/mol. The van der Waals surface area contributed by atoms with E-state index in [0.717, 1.165) is 4.90 Å². The molecule has 3 aromatic carbocycles. The van der Waals surface area contributed by atoms with Gasteiger partial charge in [0.15, 0.2) is 0 Å². The van der Waals surface area contributed by atoms with E-state index in [9.17, 15) is 18.8 Å². The van der Waals surface area contributed by atoms with E-state index in [2.05, 4.69) is 5.32 Å². The number of halogens is 3. The highest BCUT2D eigenvalue weighted by atomic mass is 35.5. The summed E-state index contributed by atoms with van der Waals surface area (Å²) >= 11 is 12.3. The Morgan fingerprint density at radius 3 is 2.52 bits per heavy atom. The highest BCUT2D eigenvalue weighted by Crippen LogP contribution is 2.31. The van der Waals surface area contributed by atoms with Gasteiger partial charge in [-0.25, -0.2) is 14.1 Å². The van der Waals surface area contributed by atoms with Gasteiger partial charge in [0.2, 0.25) is 0 Å². The maximum absolute atomic E-state index is 13.5. The topological polar surface area (TPSA) is 75.7 Å². The van der Waals surface area contributed by atoms with Gasteiger partial charge in [0, 0.05) is 10.6 Å². The third-order valence-corrected chi connectivity index (χ3v) is 5.30. The van der Waals surface area contributed by atoms with Gasteiger partial charge in [-0.2, -0.15) is 0 Å². The van der Waals surface area contributed by atoms with Crippen LogP contribution in [-0.2, 0) is 16.2 Å². The van der Waals surface area contributed by atoms with Crippen LogP contribution in [0.1, 0.15) is 11.1 Å². The average Bonchev–Trinajstić information content (AvgIpc) is 2.77. The van der Waals surface area contributed by atoms with Crippen LogP contribution < -0.4 is 15.0 Å². The fourth-order valence-electron chi connectivity index (χ4n) is 3.22. The summed E-state index contributed by atoms with van der Waals surface area (Å²) in [5.74, 6) is -1.82. The summed E-state index contributed by atoms with van der Waals surface area (Å²) in [5.41, 5.74) is 0.734. The maximum atomic E-state index is 13.5. The molecule has 1 aliphatic heterocycles. The van der Waals surface area contributed by atoms with Crippen LogP contribution in [0.15, 0.2) is 72.3 Å². The Morgan fingerprint density at radius 1 is 0.970 bits per heavy atom. The van der Waals surface area contributed by atoms with Crippen LogP contribution in [0.2, 0.25) is 10.0 Å². The molecule has 0 radical (unpaired) electrons. The van der Waals surface area contributed by atoms with Crippen molar-refractivity contribution in [2.75, 3.05) is 4.90 Å². The molecule has 0 saturated carbocycles. The molecule has 166 valence electrons. The monoisotopic (exact) mass is 484 g/mol. The van der Waals surface area contributed by atoms with Crippen LogP contribution >= 0.6 is 23.2 Å². The number of ether oxygens (including phenoxy) is 1. The summed E-state index contributed by atoms with van der Waals surface area (Å²) in [7, 11) is 0. The molecule has 9 heteroatoms. The van der Waals surface area contributed by atoms with Crippen molar-refractivity contribution in [1.29, 1.82) is 0 Å². The Labute approximate surface area is 198 Å². The standard InChI is InChI=1S/C24H15Cl2FN2O4/c25-16-8-9-21(33-13-14-4-3-5-17(27)10-14)15(11-16)12-18-22(30)28-24(32)29(23(18)31)20-7-2-1-6-19(20)26/h1-12H,13H2,(H,28,30,32)/b18-12+. The molecule has 1 saturated heterocycles. The molecule has 0 spiro atoms. The van der Waals surface area contributed by atoms with E-state index in [1.54, 1.807) is 36.4 Å². The molecule has 3 aromatic rings. The highest BCUT2D eigenvalue weighted by Gasteiger charge is 2.37. The van der Waals surface area contributed by atoms with Crippen molar-refractivity contribution in [1.82, 2.24) is 5.32 Å². The van der Waals surface area contributed by atoms with E-state index in [4.69, 9.17) is 27.9 Å². The Morgan fingerprint density at radius 2 is 1.76 bits per heavy atom. The van der Waals surface area contributed by atoms with Gasteiger partial charge in [0.05, 0.1) is 10.7 Å². The summed E-state index contributed by atoms with van der Waals surface area (Å²) in [6.07, 6.45) is 1.28. The molecular formula is C24H15Cl2FN2O4. The second-order valence-electron chi connectivity index (χ2n) is 7.01. The number of para-hydroxylation sites is 1. The minimum absolute atomic E-state index is 0.0416. The number of rotatable bonds is 5. The van der Waals surface area contributed by atoms with Crippen molar-refractivity contribution in [3.05, 3.63) is 99.3 Å². The van der Waals surface area contributed by atoms with Gasteiger partial charge in [0.1, 0.15) is 23.7 Å². The first-order valence-electron chi connectivity index (χ1n) is 9.66. The summed E-state index contributed by atoms with van der Waals surface area (Å²) in [6.45, 7) is 0.0416. The first kappa shape index (κ1) is 22.5. The van der Waals surface area contributed by atoms with Crippen LogP contribution in [0.3, 0.4) is 0 Å². The minimum atomic E-state index is -0.913. The Balaban J connectivity index is 1.69. The van der Waals surface area contributed by atoms with E-state index in [1.165, 1.54) is 36.4 Å². The molecule has 4 amide bonds. The van der Waals surface area contributed by atoms with Crippen molar-refractivity contribution in [3.63, 3.8) is 0 Å². The summed E-state index contributed by atoms with van der Waals surface area (Å²) in [4.78, 5) is 38.8. The Hall–Kier alpha value is -3.68. The predicted octanol–water partition coefficient (Wildman–Crippen LogP) is 5.38. The normalized spacial score (nSPS) is 15.1. The highest BCUT2D eigenvalue weighted by molar-refractivity contribution is 6.42. The molecule has 33 heavy (non-hydrogen) atoms. The van der Waals surface area contributed by atoms with E-state index in [1.807, 2.05) is 0 Å². The second kappa shape index (κ2) is 9.44. The molecule has 0 aliphatic carbocycles. The number of benzene rings is 3. The minimum Gasteiger partial charge on any atom is -0.488 e. The van der Waals surface area contributed by atoms with Gasteiger partial charge in [-0.1, -0.05) is 47.5 Å². The molecule has 0 bridgehead atoms. The van der Waals surface area contributed by atoms with Crippen LogP contribution in [0.25, 0.3) is 6.08 Å². The lowest BCUT2D eigenvalue weighted by atomic mass is 10.1. The Kier molecular flexibility index (Phi) is 6.44. The zero-order valence-corrected chi connectivity index (χ0v) is 18.4. The van der Waals surface area contributed by atoms with Crippen molar-refractivity contribution in [2.24, 2.45) is 0 Å². The van der Waals surface area contributed by atoms with Crippen LogP contribution in [0.5, 0.6) is 5.75 Å². The van der Waals surface area contributed by atoms with Gasteiger partial charge in [0.25, 0.3) is 11.8 Å². The molecule has 1 N–H and O–H groups in total. The number of imide groups is 2. The molecule has 0 unspecified atom stereocenters. The Bertz CT molecular complexity index is 1310. The summed E-state index contributed by atoms with van der Waals surface area (Å²) < 4.78 is 19.2. The number of nitrogens with zero attached hydrogens (tertiary/aromatic N) is 1. The zero-order chi connectivity index (χ0) is 23.5. The van der Waals surface area contributed by atoms with Crippen LogP contribution in [0, 0.1) is 5.82 Å². The summed E-state index contributed by atoms with van der Waals surface area (Å²) in [5, 5.41) is 2.64. The van der Waals surface area contributed by atoms with E-state index >= 15 is 0 Å². The van der Waals surface area contributed by atoms with E-state index in [-0.39, 0.29) is 22.9 Å². The lowest BCUT2D eigenvalue weighted by Crippen LogP contribution is -2.54. The maximum Gasteiger partial charge on any atom is 0.335 e. The van der Waals surface area contributed by atoms with E-state index < -0.39 is 23.7 Å². The number of barbiturate groups is 1. The van der Waals surface area contributed by atoms with Crippen molar-refractivity contribution >= 4 is 52.8 Å². The number of amides is 4. The average molecular weight is 485 g/mol. The lowest BCUT2D eigenvalue weighted by molar-refractivity contribution is -0.122. The second-order valence-corrected chi connectivity index (χ2v) is 7.85. The number of carbonyl (C=O) groups excluding carboxylic acids is 3. The fourth-order valence-corrected chi connectivity index (χ4v) is 3.62. The smallest absolute Gasteiger partial charge is 0.335 e.